The summed E-state index contributed by atoms with van der Waals surface area (Å²) in [5.41, 5.74) is 1.09. The van der Waals surface area contributed by atoms with Crippen molar-refractivity contribution in [1.82, 2.24) is 4.98 Å². The van der Waals surface area contributed by atoms with Crippen LogP contribution in [0, 0.1) is 0 Å². The molecule has 0 saturated heterocycles. The van der Waals surface area contributed by atoms with Gasteiger partial charge in [0.25, 0.3) is 0 Å². The van der Waals surface area contributed by atoms with Crippen molar-refractivity contribution in [2.45, 2.75) is 24.9 Å². The van der Waals surface area contributed by atoms with Crippen LogP contribution in [-0.4, -0.2) is 24.2 Å². The molecule has 3 nitrogen and oxygen atoms in total. The molecule has 0 spiro atoms. The van der Waals surface area contributed by atoms with Crippen LogP contribution in [0.25, 0.3) is 0 Å². The van der Waals surface area contributed by atoms with Crippen LogP contribution in [0.4, 0.5) is 5.69 Å². The Morgan fingerprint density at radius 3 is 2.87 bits per heavy atom. The molecule has 1 fully saturated rings. The molecular weight excluding hydrogens is 256 g/mol. The largest absolute Gasteiger partial charge is 0.381 e. The van der Waals surface area contributed by atoms with Crippen molar-refractivity contribution in [3.8, 4) is 0 Å². The highest BCUT2D eigenvalue weighted by atomic mass is 79.9. The number of methoxy groups -OCH3 is 1. The van der Waals surface area contributed by atoms with Gasteiger partial charge in [-0.1, -0.05) is 0 Å². The van der Waals surface area contributed by atoms with E-state index in [4.69, 9.17) is 4.74 Å². The molecule has 82 valence electrons. The first-order valence-corrected chi connectivity index (χ1v) is 5.93. The molecule has 1 aliphatic rings. The Labute approximate surface area is 98.4 Å². The van der Waals surface area contributed by atoms with Gasteiger partial charge in [0.1, 0.15) is 0 Å². The number of pyridine rings is 1. The van der Waals surface area contributed by atoms with Crippen molar-refractivity contribution in [2.24, 2.45) is 0 Å². The van der Waals surface area contributed by atoms with E-state index in [0.29, 0.717) is 0 Å². The Kier molecular flexibility index (Phi) is 3.26. The van der Waals surface area contributed by atoms with Crippen LogP contribution in [0.2, 0.25) is 0 Å². The maximum absolute atomic E-state index is 5.53. The van der Waals surface area contributed by atoms with Gasteiger partial charge in [0, 0.05) is 24.3 Å². The summed E-state index contributed by atoms with van der Waals surface area (Å²) in [5.74, 6) is 0. The molecule has 4 heteroatoms. The maximum atomic E-state index is 5.53. The molecule has 1 N–H and O–H groups in total. The zero-order valence-corrected chi connectivity index (χ0v) is 10.4. The van der Waals surface area contributed by atoms with Crippen LogP contribution in [0.3, 0.4) is 0 Å². The van der Waals surface area contributed by atoms with Gasteiger partial charge in [-0.3, -0.25) is 4.98 Å². The molecule has 0 radical (unpaired) electrons. The SMILES string of the molecule is COC1(CNc2cncc(Br)c2)CCC1. The van der Waals surface area contributed by atoms with E-state index in [1.807, 2.05) is 12.3 Å². The van der Waals surface area contributed by atoms with Crippen LogP contribution >= 0.6 is 15.9 Å². The Hall–Kier alpha value is -0.610. The highest BCUT2D eigenvalue weighted by molar-refractivity contribution is 9.10. The fraction of sp³-hybridized carbons (Fsp3) is 0.545. The monoisotopic (exact) mass is 270 g/mol. The second-order valence-corrected chi connectivity index (χ2v) is 4.90. The molecule has 1 heterocycles. The third-order valence-corrected chi connectivity index (χ3v) is 3.45. The van der Waals surface area contributed by atoms with Crippen LogP contribution in [0.1, 0.15) is 19.3 Å². The molecule has 0 amide bonds. The second kappa shape index (κ2) is 4.49. The zero-order valence-electron chi connectivity index (χ0n) is 8.79. The van der Waals surface area contributed by atoms with Gasteiger partial charge in [-0.05, 0) is 41.3 Å². The molecule has 2 rings (SSSR count). The minimum absolute atomic E-state index is 0.0579. The van der Waals surface area contributed by atoms with E-state index in [9.17, 15) is 0 Å². The highest BCUT2D eigenvalue weighted by Crippen LogP contribution is 2.35. The number of rotatable bonds is 4. The van der Waals surface area contributed by atoms with Gasteiger partial charge in [0.2, 0.25) is 0 Å². The predicted molar refractivity (Wildman–Crippen MR) is 64.0 cm³/mol. The summed E-state index contributed by atoms with van der Waals surface area (Å²) < 4.78 is 6.52. The number of nitrogens with zero attached hydrogens (tertiary/aromatic N) is 1. The number of ether oxygens (including phenoxy) is 1. The van der Waals surface area contributed by atoms with Gasteiger partial charge in [-0.15, -0.1) is 0 Å². The van der Waals surface area contributed by atoms with E-state index in [1.54, 1.807) is 13.3 Å². The van der Waals surface area contributed by atoms with Gasteiger partial charge < -0.3 is 10.1 Å². The third-order valence-electron chi connectivity index (χ3n) is 3.02. The lowest BCUT2D eigenvalue weighted by Gasteiger charge is -2.40. The van der Waals surface area contributed by atoms with Crippen LogP contribution in [0.15, 0.2) is 22.9 Å². The topological polar surface area (TPSA) is 34.1 Å². The molecular formula is C11H15BrN2O. The lowest BCUT2D eigenvalue weighted by atomic mass is 9.80. The maximum Gasteiger partial charge on any atom is 0.0850 e. The van der Waals surface area contributed by atoms with Crippen LogP contribution < -0.4 is 5.32 Å². The first-order chi connectivity index (χ1) is 7.24. The fourth-order valence-corrected chi connectivity index (χ4v) is 2.16. The number of hydrogen-bond acceptors (Lipinski definition) is 3. The first-order valence-electron chi connectivity index (χ1n) is 5.14. The summed E-state index contributed by atoms with van der Waals surface area (Å²) in [6.07, 6.45) is 7.18. The Balaban J connectivity index is 1.92. The van der Waals surface area contributed by atoms with Gasteiger partial charge in [-0.2, -0.15) is 0 Å². The molecule has 1 saturated carbocycles. The normalized spacial score (nSPS) is 18.3. The van der Waals surface area contributed by atoms with Crippen molar-refractivity contribution < 1.29 is 4.74 Å². The van der Waals surface area contributed by atoms with E-state index in [0.717, 1.165) is 29.5 Å². The van der Waals surface area contributed by atoms with E-state index >= 15 is 0 Å². The molecule has 0 atom stereocenters. The summed E-state index contributed by atoms with van der Waals surface area (Å²) in [7, 11) is 1.79. The summed E-state index contributed by atoms with van der Waals surface area (Å²) in [4.78, 5) is 4.10. The molecule has 15 heavy (non-hydrogen) atoms. The van der Waals surface area contributed by atoms with Gasteiger partial charge in [-0.25, -0.2) is 0 Å². The van der Waals surface area contributed by atoms with Crippen LogP contribution in [-0.2, 0) is 4.74 Å². The summed E-state index contributed by atoms with van der Waals surface area (Å²) >= 11 is 3.40. The Morgan fingerprint density at radius 2 is 2.33 bits per heavy atom. The molecule has 1 aromatic heterocycles. The quantitative estimate of drug-likeness (QED) is 0.914. The smallest absolute Gasteiger partial charge is 0.0850 e. The van der Waals surface area contributed by atoms with Crippen molar-refractivity contribution in [2.75, 3.05) is 19.0 Å². The molecule has 1 aliphatic carbocycles. The lowest BCUT2D eigenvalue weighted by molar-refractivity contribution is -0.0601. The summed E-state index contributed by atoms with van der Waals surface area (Å²) in [6, 6.07) is 2.02. The second-order valence-electron chi connectivity index (χ2n) is 3.99. The van der Waals surface area contributed by atoms with Gasteiger partial charge >= 0.3 is 0 Å². The summed E-state index contributed by atoms with van der Waals surface area (Å²) in [5, 5.41) is 3.36. The average molecular weight is 271 g/mol. The number of nitrogens with one attached hydrogen (secondary N) is 1. The van der Waals surface area contributed by atoms with Crippen LogP contribution in [0.5, 0.6) is 0 Å². The molecule has 0 unspecified atom stereocenters. The fourth-order valence-electron chi connectivity index (χ4n) is 1.80. The predicted octanol–water partition coefficient (Wildman–Crippen LogP) is 2.83. The first kappa shape index (κ1) is 10.9. The Morgan fingerprint density at radius 1 is 1.53 bits per heavy atom. The summed E-state index contributed by atoms with van der Waals surface area (Å²) in [6.45, 7) is 0.863. The van der Waals surface area contributed by atoms with E-state index in [-0.39, 0.29) is 5.60 Å². The van der Waals surface area contributed by atoms with E-state index < -0.39 is 0 Å². The molecule has 0 bridgehead atoms. The highest BCUT2D eigenvalue weighted by Gasteiger charge is 2.36. The van der Waals surface area contributed by atoms with Crippen molar-refractivity contribution in [3.63, 3.8) is 0 Å². The van der Waals surface area contributed by atoms with Gasteiger partial charge in [0.15, 0.2) is 0 Å². The van der Waals surface area contributed by atoms with Gasteiger partial charge in [0.05, 0.1) is 17.5 Å². The number of hydrogen-bond donors (Lipinski definition) is 1. The molecule has 1 aromatic rings. The van der Waals surface area contributed by atoms with Crippen molar-refractivity contribution >= 4 is 21.6 Å². The van der Waals surface area contributed by atoms with E-state index in [2.05, 4.69) is 26.2 Å². The number of anilines is 1. The number of halogens is 1. The average Bonchev–Trinajstić information content (AvgIpc) is 2.17. The zero-order chi connectivity index (χ0) is 10.7. The van der Waals surface area contributed by atoms with E-state index in [1.165, 1.54) is 6.42 Å². The third kappa shape index (κ3) is 2.49. The Bertz CT molecular complexity index is 334. The standard InChI is InChI=1S/C11H15BrN2O/c1-15-11(3-2-4-11)8-14-10-5-9(12)6-13-7-10/h5-7,14H,2-4,8H2,1H3. The van der Waals surface area contributed by atoms with Crippen molar-refractivity contribution in [1.29, 1.82) is 0 Å². The van der Waals surface area contributed by atoms with Crippen molar-refractivity contribution in [3.05, 3.63) is 22.9 Å². The number of aromatic nitrogens is 1. The molecule has 0 aromatic carbocycles. The minimum Gasteiger partial charge on any atom is -0.381 e. The molecule has 0 aliphatic heterocycles. The lowest BCUT2D eigenvalue weighted by Crippen LogP contribution is -2.45. The minimum atomic E-state index is 0.0579.